The van der Waals surface area contributed by atoms with Gasteiger partial charge in [0.2, 0.25) is 11.8 Å². The lowest BCUT2D eigenvalue weighted by atomic mass is 10.0. The fourth-order valence-electron chi connectivity index (χ4n) is 4.76. The van der Waals surface area contributed by atoms with Crippen molar-refractivity contribution in [2.75, 3.05) is 17.4 Å². The van der Waals surface area contributed by atoms with E-state index in [-0.39, 0.29) is 35.0 Å². The van der Waals surface area contributed by atoms with Gasteiger partial charge in [-0.05, 0) is 60.9 Å². The van der Waals surface area contributed by atoms with Crippen molar-refractivity contribution < 1.29 is 22.4 Å². The van der Waals surface area contributed by atoms with Crippen molar-refractivity contribution in [3.8, 4) is 0 Å². The molecule has 1 atom stereocenters. The number of nitrogens with zero attached hydrogens (tertiary/aromatic N) is 2. The van der Waals surface area contributed by atoms with Gasteiger partial charge < -0.3 is 10.2 Å². The first-order valence-electron chi connectivity index (χ1n) is 14.6. The van der Waals surface area contributed by atoms with Gasteiger partial charge in [0.25, 0.3) is 10.0 Å². The number of sulfonamides is 1. The summed E-state index contributed by atoms with van der Waals surface area (Å²) in [6, 6.07) is 26.6. The summed E-state index contributed by atoms with van der Waals surface area (Å²) < 4.78 is 44.1. The Morgan fingerprint density at radius 1 is 0.867 bits per heavy atom. The van der Waals surface area contributed by atoms with Crippen LogP contribution in [-0.2, 0) is 32.6 Å². The Labute approximate surface area is 269 Å². The Kier molecular flexibility index (Phi) is 11.4. The van der Waals surface area contributed by atoms with Crippen LogP contribution in [0.1, 0.15) is 30.5 Å². The minimum Gasteiger partial charge on any atom is -0.354 e. The lowest BCUT2D eigenvalue weighted by molar-refractivity contribution is -0.140. The van der Waals surface area contributed by atoms with E-state index in [2.05, 4.69) is 5.32 Å². The molecule has 0 heterocycles. The predicted octanol–water partition coefficient (Wildman–Crippen LogP) is 6.40. The lowest BCUT2D eigenvalue weighted by Crippen LogP contribution is -2.53. The number of aryl methyl sites for hydroxylation is 1. The van der Waals surface area contributed by atoms with Crippen molar-refractivity contribution in [1.82, 2.24) is 10.2 Å². The van der Waals surface area contributed by atoms with Crippen LogP contribution in [0.2, 0.25) is 5.02 Å². The SMILES string of the molecule is Cc1ccc(N(CC(=O)N(Cc2ccccc2F)C(Cc2ccccc2)C(=O)NCC(C)C)S(=O)(=O)c2ccc(Cl)cc2)cc1. The van der Waals surface area contributed by atoms with Gasteiger partial charge in [-0.3, -0.25) is 13.9 Å². The highest BCUT2D eigenvalue weighted by Crippen LogP contribution is 2.26. The number of hydrogen-bond donors (Lipinski definition) is 1. The summed E-state index contributed by atoms with van der Waals surface area (Å²) in [5.74, 6) is -1.49. The number of halogens is 2. The van der Waals surface area contributed by atoms with Crippen molar-refractivity contribution in [3.05, 3.63) is 131 Å². The normalized spacial score (nSPS) is 12.0. The summed E-state index contributed by atoms with van der Waals surface area (Å²) in [6.07, 6.45) is 0.138. The number of nitrogens with one attached hydrogen (secondary N) is 1. The maximum absolute atomic E-state index is 15.0. The van der Waals surface area contributed by atoms with Crippen LogP contribution in [0.15, 0.2) is 108 Å². The molecule has 0 saturated carbocycles. The highest BCUT2D eigenvalue weighted by molar-refractivity contribution is 7.92. The van der Waals surface area contributed by atoms with Crippen LogP contribution >= 0.6 is 11.6 Å². The largest absolute Gasteiger partial charge is 0.354 e. The molecule has 0 aromatic heterocycles. The number of carbonyl (C=O) groups is 2. The zero-order valence-corrected chi connectivity index (χ0v) is 27.1. The molecule has 0 saturated heterocycles. The third kappa shape index (κ3) is 8.93. The van der Waals surface area contributed by atoms with Crippen molar-refractivity contribution in [2.24, 2.45) is 5.92 Å². The monoisotopic (exact) mass is 649 g/mol. The van der Waals surface area contributed by atoms with Crippen LogP contribution < -0.4 is 9.62 Å². The van der Waals surface area contributed by atoms with E-state index >= 15 is 4.39 Å². The number of hydrogen-bond acceptors (Lipinski definition) is 4. The van der Waals surface area contributed by atoms with E-state index in [9.17, 15) is 18.0 Å². The van der Waals surface area contributed by atoms with Gasteiger partial charge in [-0.25, -0.2) is 12.8 Å². The van der Waals surface area contributed by atoms with E-state index in [4.69, 9.17) is 11.6 Å². The number of amides is 2. The molecule has 4 rings (SSSR count). The summed E-state index contributed by atoms with van der Waals surface area (Å²) in [5, 5.41) is 3.28. The van der Waals surface area contributed by atoms with Crippen molar-refractivity contribution in [3.63, 3.8) is 0 Å². The first-order valence-corrected chi connectivity index (χ1v) is 16.5. The van der Waals surface area contributed by atoms with Crippen molar-refractivity contribution in [2.45, 2.75) is 44.7 Å². The third-order valence-corrected chi connectivity index (χ3v) is 9.30. The summed E-state index contributed by atoms with van der Waals surface area (Å²) in [7, 11) is -4.27. The quantitative estimate of drug-likeness (QED) is 0.182. The topological polar surface area (TPSA) is 86.8 Å². The molecule has 0 radical (unpaired) electrons. The van der Waals surface area contributed by atoms with E-state index in [1.165, 1.54) is 35.2 Å². The average Bonchev–Trinajstić information content (AvgIpc) is 3.02. The van der Waals surface area contributed by atoms with Gasteiger partial charge >= 0.3 is 0 Å². The van der Waals surface area contributed by atoms with E-state index < -0.39 is 40.2 Å². The molecule has 4 aromatic carbocycles. The molecule has 1 unspecified atom stereocenters. The van der Waals surface area contributed by atoms with Crippen LogP contribution in [-0.4, -0.2) is 44.3 Å². The van der Waals surface area contributed by atoms with E-state index in [0.717, 1.165) is 15.4 Å². The number of carbonyl (C=O) groups excluding carboxylic acids is 2. The molecule has 1 N–H and O–H groups in total. The molecular formula is C35H37ClFN3O4S. The fraction of sp³-hybridized carbons (Fsp3) is 0.257. The predicted molar refractivity (Wildman–Crippen MR) is 176 cm³/mol. The molecule has 236 valence electrons. The minimum atomic E-state index is -4.27. The van der Waals surface area contributed by atoms with E-state index in [0.29, 0.717) is 11.6 Å². The molecule has 0 spiro atoms. The number of rotatable bonds is 13. The van der Waals surface area contributed by atoms with Gasteiger partial charge in [0.05, 0.1) is 10.6 Å². The highest BCUT2D eigenvalue weighted by Gasteiger charge is 2.35. The number of anilines is 1. The Morgan fingerprint density at radius 2 is 1.49 bits per heavy atom. The van der Waals surface area contributed by atoms with Crippen LogP contribution in [0.25, 0.3) is 0 Å². The number of benzene rings is 4. The summed E-state index contributed by atoms with van der Waals surface area (Å²) >= 11 is 6.03. The molecule has 0 fully saturated rings. The average molecular weight is 650 g/mol. The summed E-state index contributed by atoms with van der Waals surface area (Å²) in [6.45, 7) is 5.26. The zero-order valence-electron chi connectivity index (χ0n) is 25.5. The molecule has 10 heteroatoms. The highest BCUT2D eigenvalue weighted by atomic mass is 35.5. The van der Waals surface area contributed by atoms with Gasteiger partial charge in [-0.15, -0.1) is 0 Å². The van der Waals surface area contributed by atoms with Gasteiger partial charge in [0.15, 0.2) is 0 Å². The molecule has 4 aromatic rings. The van der Waals surface area contributed by atoms with E-state index in [1.807, 2.05) is 51.1 Å². The Morgan fingerprint density at radius 3 is 2.11 bits per heavy atom. The smallest absolute Gasteiger partial charge is 0.264 e. The molecule has 0 aliphatic carbocycles. The molecule has 0 aliphatic heterocycles. The second-order valence-corrected chi connectivity index (χ2v) is 13.6. The van der Waals surface area contributed by atoms with Gasteiger partial charge in [-0.1, -0.05) is 91.7 Å². The molecule has 0 bridgehead atoms. The maximum atomic E-state index is 15.0. The van der Waals surface area contributed by atoms with Crippen molar-refractivity contribution in [1.29, 1.82) is 0 Å². The van der Waals surface area contributed by atoms with Gasteiger partial charge in [0, 0.05) is 30.1 Å². The molecule has 45 heavy (non-hydrogen) atoms. The van der Waals surface area contributed by atoms with Crippen LogP contribution in [0.3, 0.4) is 0 Å². The second-order valence-electron chi connectivity index (χ2n) is 11.3. The molecule has 2 amide bonds. The summed E-state index contributed by atoms with van der Waals surface area (Å²) in [4.78, 5) is 29.4. The van der Waals surface area contributed by atoms with Gasteiger partial charge in [0.1, 0.15) is 18.4 Å². The molecule has 7 nitrogen and oxygen atoms in total. The third-order valence-electron chi connectivity index (χ3n) is 7.26. The van der Waals surface area contributed by atoms with Crippen LogP contribution in [0, 0.1) is 18.7 Å². The first-order chi connectivity index (χ1) is 21.5. The Balaban J connectivity index is 1.80. The molecular weight excluding hydrogens is 613 g/mol. The van der Waals surface area contributed by atoms with E-state index in [1.54, 1.807) is 42.5 Å². The lowest BCUT2D eigenvalue weighted by Gasteiger charge is -2.34. The fourth-order valence-corrected chi connectivity index (χ4v) is 6.30. The zero-order chi connectivity index (χ0) is 32.6. The van der Waals surface area contributed by atoms with Crippen molar-refractivity contribution >= 4 is 39.1 Å². The first kappa shape index (κ1) is 33.7. The van der Waals surface area contributed by atoms with Crippen LogP contribution in [0.5, 0.6) is 0 Å². The standard InChI is InChI=1S/C35H37ClFN3O4S/c1-25(2)22-38-35(42)33(21-27-9-5-4-6-10-27)39(23-28-11-7-8-12-32(28)37)34(41)24-40(30-17-13-26(3)14-18-30)45(43,44)31-19-15-29(36)16-20-31/h4-20,25,33H,21-24H2,1-3H3,(H,38,42). The maximum Gasteiger partial charge on any atom is 0.264 e. The molecule has 0 aliphatic rings. The van der Waals surface area contributed by atoms with Gasteiger partial charge in [-0.2, -0.15) is 0 Å². The summed E-state index contributed by atoms with van der Waals surface area (Å²) in [5.41, 5.74) is 2.15. The Hall–Kier alpha value is -4.21. The van der Waals surface area contributed by atoms with Crippen LogP contribution in [0.4, 0.5) is 10.1 Å². The second kappa shape index (κ2) is 15.2. The minimum absolute atomic E-state index is 0.0589. The Bertz CT molecular complexity index is 1700.